The van der Waals surface area contributed by atoms with Crippen LogP contribution in [-0.4, -0.2) is 43.7 Å². The Bertz CT molecular complexity index is 556. The van der Waals surface area contributed by atoms with E-state index < -0.39 is 0 Å². The smallest absolute Gasteiger partial charge is 0.240 e. The lowest BCUT2D eigenvalue weighted by Crippen LogP contribution is -2.39. The van der Waals surface area contributed by atoms with Gasteiger partial charge in [-0.15, -0.1) is 0 Å². The molecule has 1 unspecified atom stereocenters. The van der Waals surface area contributed by atoms with Gasteiger partial charge in [-0.2, -0.15) is 21.8 Å². The van der Waals surface area contributed by atoms with Gasteiger partial charge < -0.3 is 4.52 Å². The van der Waals surface area contributed by atoms with Gasteiger partial charge in [-0.3, -0.25) is 9.58 Å². The van der Waals surface area contributed by atoms with E-state index in [1.54, 1.807) is 11.8 Å². The van der Waals surface area contributed by atoms with E-state index in [9.17, 15) is 0 Å². The molecule has 1 atom stereocenters. The van der Waals surface area contributed by atoms with Crippen LogP contribution < -0.4 is 0 Å². The maximum Gasteiger partial charge on any atom is 0.240 e. The number of rotatable bonds is 7. The Morgan fingerprint density at radius 2 is 2.36 bits per heavy atom. The molecule has 1 aliphatic heterocycles. The lowest BCUT2D eigenvalue weighted by Gasteiger charge is -2.34. The molecule has 7 heteroatoms. The van der Waals surface area contributed by atoms with Gasteiger partial charge in [0, 0.05) is 25.0 Å². The number of hydrogen-bond donors (Lipinski definition) is 0. The Labute approximate surface area is 135 Å². The molecule has 0 aliphatic carbocycles. The number of aryl methyl sites for hydroxylation is 1. The molecule has 0 aromatic carbocycles. The first-order valence-electron chi connectivity index (χ1n) is 7.87. The summed E-state index contributed by atoms with van der Waals surface area (Å²) in [6, 6.07) is 2.55. The van der Waals surface area contributed by atoms with Crippen LogP contribution in [0.1, 0.15) is 37.4 Å². The fourth-order valence-corrected chi connectivity index (χ4v) is 3.40. The van der Waals surface area contributed by atoms with Crippen molar-refractivity contribution in [2.24, 2.45) is 0 Å². The summed E-state index contributed by atoms with van der Waals surface area (Å²) in [4.78, 5) is 6.97. The van der Waals surface area contributed by atoms with Crippen LogP contribution in [0.4, 0.5) is 0 Å². The first kappa shape index (κ1) is 15.6. The van der Waals surface area contributed by atoms with Gasteiger partial charge >= 0.3 is 0 Å². The zero-order chi connectivity index (χ0) is 15.2. The highest BCUT2D eigenvalue weighted by molar-refractivity contribution is 7.97. The van der Waals surface area contributed by atoms with Gasteiger partial charge in [0.15, 0.2) is 5.82 Å². The highest BCUT2D eigenvalue weighted by Crippen LogP contribution is 2.22. The normalized spacial score (nSPS) is 19.6. The molecule has 0 spiro atoms. The molecule has 2 aromatic heterocycles. The topological polar surface area (TPSA) is 60.0 Å². The Morgan fingerprint density at radius 3 is 3.18 bits per heavy atom. The molecule has 120 valence electrons. The van der Waals surface area contributed by atoms with E-state index >= 15 is 0 Å². The van der Waals surface area contributed by atoms with Crippen LogP contribution in [0.25, 0.3) is 0 Å². The molecule has 1 aliphatic rings. The van der Waals surface area contributed by atoms with Gasteiger partial charge in [0.1, 0.15) is 0 Å². The molecule has 0 radical (unpaired) electrons. The summed E-state index contributed by atoms with van der Waals surface area (Å²) in [6.07, 6.45) is 10.8. The van der Waals surface area contributed by atoms with E-state index in [1.165, 1.54) is 19.3 Å². The quantitative estimate of drug-likeness (QED) is 0.781. The highest BCUT2D eigenvalue weighted by Gasteiger charge is 2.24. The molecule has 0 amide bonds. The monoisotopic (exact) mass is 321 g/mol. The first-order valence-corrected chi connectivity index (χ1v) is 9.26. The zero-order valence-electron chi connectivity index (χ0n) is 13.0. The molecule has 0 saturated carbocycles. The Morgan fingerprint density at radius 1 is 1.41 bits per heavy atom. The number of aromatic nitrogens is 4. The van der Waals surface area contributed by atoms with Crippen molar-refractivity contribution in [2.45, 2.75) is 50.6 Å². The predicted molar refractivity (Wildman–Crippen MR) is 86.4 cm³/mol. The minimum absolute atomic E-state index is 0.578. The Hall–Kier alpha value is -1.34. The van der Waals surface area contributed by atoms with E-state index in [0.29, 0.717) is 6.04 Å². The maximum absolute atomic E-state index is 5.38. The van der Waals surface area contributed by atoms with Crippen LogP contribution in [0, 0.1) is 0 Å². The summed E-state index contributed by atoms with van der Waals surface area (Å²) in [5, 5.41) is 8.32. The summed E-state index contributed by atoms with van der Waals surface area (Å²) in [6.45, 7) is 2.85. The number of piperidine rings is 1. The third kappa shape index (κ3) is 4.10. The van der Waals surface area contributed by atoms with E-state index in [2.05, 4.69) is 20.1 Å². The van der Waals surface area contributed by atoms with E-state index in [1.807, 2.05) is 29.4 Å². The molecule has 0 bridgehead atoms. The van der Waals surface area contributed by atoms with Crippen LogP contribution in [0.15, 0.2) is 23.0 Å². The van der Waals surface area contributed by atoms with Gasteiger partial charge in [0.25, 0.3) is 0 Å². The van der Waals surface area contributed by atoms with Crippen molar-refractivity contribution < 1.29 is 4.52 Å². The summed E-state index contributed by atoms with van der Waals surface area (Å²) in [5.41, 5.74) is 0. The van der Waals surface area contributed by atoms with Gasteiger partial charge in [0.05, 0.1) is 12.3 Å². The molecule has 2 aromatic rings. The summed E-state index contributed by atoms with van der Waals surface area (Å²) in [5.74, 6) is 2.36. The molecule has 1 fully saturated rings. The Balaban J connectivity index is 1.56. The van der Waals surface area contributed by atoms with Crippen LogP contribution in [0.5, 0.6) is 0 Å². The van der Waals surface area contributed by atoms with E-state index in [-0.39, 0.29) is 0 Å². The fourth-order valence-electron chi connectivity index (χ4n) is 3.02. The van der Waals surface area contributed by atoms with Gasteiger partial charge in [0.2, 0.25) is 5.89 Å². The molecule has 0 N–H and O–H groups in total. The van der Waals surface area contributed by atoms with Gasteiger partial charge in [-0.25, -0.2) is 0 Å². The highest BCUT2D eigenvalue weighted by atomic mass is 32.2. The van der Waals surface area contributed by atoms with Crippen molar-refractivity contribution in [2.75, 3.05) is 12.8 Å². The zero-order valence-corrected chi connectivity index (χ0v) is 13.8. The van der Waals surface area contributed by atoms with Crippen LogP contribution in [-0.2, 0) is 18.8 Å². The second-order valence-corrected chi connectivity index (χ2v) is 6.58. The second kappa shape index (κ2) is 7.78. The van der Waals surface area contributed by atoms with Crippen LogP contribution in [0.2, 0.25) is 0 Å². The largest absolute Gasteiger partial charge is 0.338 e. The van der Waals surface area contributed by atoms with Crippen molar-refractivity contribution in [3.63, 3.8) is 0 Å². The van der Waals surface area contributed by atoms with E-state index in [0.717, 1.165) is 43.5 Å². The van der Waals surface area contributed by atoms with Gasteiger partial charge in [-0.05, 0) is 38.1 Å². The van der Waals surface area contributed by atoms with Crippen molar-refractivity contribution >= 4 is 11.8 Å². The van der Waals surface area contributed by atoms with Crippen molar-refractivity contribution in [1.29, 1.82) is 0 Å². The lowest BCUT2D eigenvalue weighted by atomic mass is 9.99. The SMILES string of the molecule is CSCc1noc(CN2CCCCC2CCn2cccn2)n1. The maximum atomic E-state index is 5.38. The average Bonchev–Trinajstić information content (AvgIpc) is 3.19. The molecular weight excluding hydrogens is 298 g/mol. The average molecular weight is 321 g/mol. The number of likely N-dealkylation sites (tertiary alicyclic amines) is 1. The van der Waals surface area contributed by atoms with Crippen LogP contribution in [0.3, 0.4) is 0 Å². The molecule has 1 saturated heterocycles. The molecule has 3 heterocycles. The third-order valence-electron chi connectivity index (χ3n) is 4.12. The molecule has 3 rings (SSSR count). The minimum Gasteiger partial charge on any atom is -0.338 e. The minimum atomic E-state index is 0.578. The second-order valence-electron chi connectivity index (χ2n) is 5.72. The molecule has 6 nitrogen and oxygen atoms in total. The summed E-state index contributed by atoms with van der Waals surface area (Å²) < 4.78 is 7.39. The lowest BCUT2D eigenvalue weighted by molar-refractivity contribution is 0.113. The fraction of sp³-hybridized carbons (Fsp3) is 0.667. The summed E-state index contributed by atoms with van der Waals surface area (Å²) >= 11 is 1.71. The van der Waals surface area contributed by atoms with Gasteiger partial charge in [-0.1, -0.05) is 11.6 Å². The molecule has 22 heavy (non-hydrogen) atoms. The first-order chi connectivity index (χ1) is 10.8. The molecular formula is C15H23N5OS. The number of thioether (sulfide) groups is 1. The number of nitrogens with zero attached hydrogens (tertiary/aromatic N) is 5. The van der Waals surface area contributed by atoms with Crippen molar-refractivity contribution in [3.05, 3.63) is 30.2 Å². The number of hydrogen-bond acceptors (Lipinski definition) is 6. The van der Waals surface area contributed by atoms with Crippen molar-refractivity contribution in [3.8, 4) is 0 Å². The van der Waals surface area contributed by atoms with Crippen molar-refractivity contribution in [1.82, 2.24) is 24.8 Å². The standard InChI is InChI=1S/C15H23N5OS/c1-22-12-14-17-15(21-18-14)11-19-8-3-2-5-13(19)6-10-20-9-4-7-16-20/h4,7,9,13H,2-3,5-6,8,10-12H2,1H3. The Kier molecular flexibility index (Phi) is 5.50. The van der Waals surface area contributed by atoms with Crippen LogP contribution >= 0.6 is 11.8 Å². The summed E-state index contributed by atoms with van der Waals surface area (Å²) in [7, 11) is 0. The predicted octanol–water partition coefficient (Wildman–Crippen LogP) is 2.57. The van der Waals surface area contributed by atoms with E-state index in [4.69, 9.17) is 4.52 Å². The third-order valence-corrected chi connectivity index (χ3v) is 4.67.